The van der Waals surface area contributed by atoms with Crippen LogP contribution in [0.3, 0.4) is 0 Å². The molecule has 0 radical (unpaired) electrons. The minimum Gasteiger partial charge on any atom is -0.370 e. The zero-order valence-corrected chi connectivity index (χ0v) is 13.4. The largest absolute Gasteiger partial charge is 0.370 e. The molecule has 1 unspecified atom stereocenters. The van der Waals surface area contributed by atoms with Crippen LogP contribution in [0.25, 0.3) is 0 Å². The van der Waals surface area contributed by atoms with Crippen LogP contribution in [0.2, 0.25) is 0 Å². The zero-order chi connectivity index (χ0) is 13.5. The minimum atomic E-state index is -0.536. The lowest BCUT2D eigenvalue weighted by Crippen LogP contribution is -2.24. The number of guanidine groups is 1. The molecular formula is C14H18F2IN3. The minimum absolute atomic E-state index is 0. The summed E-state index contributed by atoms with van der Waals surface area (Å²) in [5, 5.41) is 2.64. The van der Waals surface area contributed by atoms with Gasteiger partial charge in [0.15, 0.2) is 5.96 Å². The van der Waals surface area contributed by atoms with Crippen molar-refractivity contribution in [2.24, 2.45) is 16.1 Å². The molecule has 2 aliphatic rings. The van der Waals surface area contributed by atoms with E-state index < -0.39 is 11.6 Å². The molecule has 110 valence electrons. The molecule has 0 aromatic heterocycles. The molecule has 1 aromatic rings. The molecule has 2 aliphatic carbocycles. The van der Waals surface area contributed by atoms with Gasteiger partial charge in [0.25, 0.3) is 0 Å². The fourth-order valence-electron chi connectivity index (χ4n) is 3.06. The van der Waals surface area contributed by atoms with Gasteiger partial charge in [0.1, 0.15) is 11.6 Å². The van der Waals surface area contributed by atoms with Gasteiger partial charge in [-0.15, -0.1) is 24.0 Å². The van der Waals surface area contributed by atoms with Gasteiger partial charge < -0.3 is 11.1 Å². The van der Waals surface area contributed by atoms with Crippen LogP contribution in [0.15, 0.2) is 23.2 Å². The normalized spacial score (nSPS) is 23.5. The van der Waals surface area contributed by atoms with Crippen LogP contribution in [0, 0.1) is 17.0 Å². The molecule has 0 heterocycles. The molecule has 2 fully saturated rings. The Morgan fingerprint density at radius 2 is 2.00 bits per heavy atom. The van der Waals surface area contributed by atoms with Gasteiger partial charge >= 0.3 is 0 Å². The molecule has 2 saturated carbocycles. The van der Waals surface area contributed by atoms with Crippen LogP contribution >= 0.6 is 24.0 Å². The first-order valence-corrected chi connectivity index (χ1v) is 6.64. The highest BCUT2D eigenvalue weighted by molar-refractivity contribution is 14.0. The molecule has 20 heavy (non-hydrogen) atoms. The van der Waals surface area contributed by atoms with E-state index in [9.17, 15) is 8.78 Å². The van der Waals surface area contributed by atoms with Crippen molar-refractivity contribution in [2.45, 2.75) is 38.1 Å². The second-order valence-corrected chi connectivity index (χ2v) is 5.55. The highest BCUT2D eigenvalue weighted by Crippen LogP contribution is 2.59. The number of nitrogens with two attached hydrogens (primary N) is 1. The maximum Gasteiger partial charge on any atom is 0.193 e. The van der Waals surface area contributed by atoms with Gasteiger partial charge in [-0.2, -0.15) is 0 Å². The summed E-state index contributed by atoms with van der Waals surface area (Å²) in [6.07, 6.45) is 6.02. The van der Waals surface area contributed by atoms with E-state index in [1.807, 2.05) is 0 Å². The van der Waals surface area contributed by atoms with E-state index in [-0.39, 0.29) is 41.7 Å². The van der Waals surface area contributed by atoms with Gasteiger partial charge in [0.2, 0.25) is 0 Å². The third-order valence-electron chi connectivity index (χ3n) is 4.23. The fraction of sp³-hybridized carbons (Fsp3) is 0.500. The lowest BCUT2D eigenvalue weighted by atomic mass is 10.1. The molecule has 0 aliphatic heterocycles. The Hall–Kier alpha value is -0.920. The molecule has 0 amide bonds. The van der Waals surface area contributed by atoms with E-state index in [1.54, 1.807) is 0 Å². The number of nitrogens with one attached hydrogen (secondary N) is 1. The standard InChI is InChI=1S/C14H17F2N3.HI/c15-9-3-4-10(16)11(7-9)18-13(17)19-12-8-14(12)5-1-2-6-14;/h3-4,7,12H,1-2,5-6,8H2,(H3,17,18,19);1H. The SMILES string of the molecule is I.NC(=NC1CC12CCCC2)Nc1cc(F)ccc1F. The van der Waals surface area contributed by atoms with Crippen LogP contribution < -0.4 is 11.1 Å². The summed E-state index contributed by atoms with van der Waals surface area (Å²) in [7, 11) is 0. The number of rotatable bonds is 2. The Bertz CT molecular complexity index is 527. The average molecular weight is 393 g/mol. The Kier molecular flexibility index (Phi) is 4.51. The number of hydrogen-bond donors (Lipinski definition) is 2. The van der Waals surface area contributed by atoms with Crippen LogP contribution in [0.4, 0.5) is 14.5 Å². The molecule has 6 heteroatoms. The number of benzene rings is 1. The molecule has 0 saturated heterocycles. The fourth-order valence-corrected chi connectivity index (χ4v) is 3.06. The first-order chi connectivity index (χ1) is 9.09. The first-order valence-electron chi connectivity index (χ1n) is 6.64. The Balaban J connectivity index is 0.00000147. The Morgan fingerprint density at radius 1 is 1.30 bits per heavy atom. The van der Waals surface area contributed by atoms with Gasteiger partial charge in [-0.3, -0.25) is 0 Å². The number of nitrogens with zero attached hydrogens (tertiary/aromatic N) is 1. The topological polar surface area (TPSA) is 50.4 Å². The quantitative estimate of drug-likeness (QED) is 0.458. The van der Waals surface area contributed by atoms with Crippen molar-refractivity contribution in [1.82, 2.24) is 0 Å². The summed E-state index contributed by atoms with van der Waals surface area (Å²) in [4.78, 5) is 4.38. The average Bonchev–Trinajstić information content (AvgIpc) is 2.81. The predicted molar refractivity (Wildman–Crippen MR) is 86.3 cm³/mol. The van der Waals surface area contributed by atoms with Crippen LogP contribution in [0.5, 0.6) is 0 Å². The lowest BCUT2D eigenvalue weighted by molar-refractivity contribution is 0.511. The van der Waals surface area contributed by atoms with E-state index in [4.69, 9.17) is 5.73 Å². The van der Waals surface area contributed by atoms with Crippen molar-refractivity contribution < 1.29 is 8.78 Å². The number of aliphatic imine (C=N–C) groups is 1. The molecular weight excluding hydrogens is 375 g/mol. The van der Waals surface area contributed by atoms with Crippen molar-refractivity contribution >= 4 is 35.6 Å². The Morgan fingerprint density at radius 3 is 2.70 bits per heavy atom. The second-order valence-electron chi connectivity index (χ2n) is 5.55. The first kappa shape index (κ1) is 15.5. The van der Waals surface area contributed by atoms with Crippen molar-refractivity contribution in [1.29, 1.82) is 0 Å². The van der Waals surface area contributed by atoms with E-state index in [0.29, 0.717) is 5.41 Å². The van der Waals surface area contributed by atoms with Gasteiger partial charge in [-0.1, -0.05) is 12.8 Å². The van der Waals surface area contributed by atoms with Crippen LogP contribution in [-0.2, 0) is 0 Å². The van der Waals surface area contributed by atoms with Gasteiger partial charge in [0, 0.05) is 6.07 Å². The lowest BCUT2D eigenvalue weighted by Gasteiger charge is -2.08. The molecule has 3 N–H and O–H groups in total. The molecule has 1 aromatic carbocycles. The smallest absolute Gasteiger partial charge is 0.193 e. The zero-order valence-electron chi connectivity index (χ0n) is 11.0. The van der Waals surface area contributed by atoms with E-state index in [2.05, 4.69) is 10.3 Å². The third-order valence-corrected chi connectivity index (χ3v) is 4.23. The summed E-state index contributed by atoms with van der Waals surface area (Å²) < 4.78 is 26.5. The summed E-state index contributed by atoms with van der Waals surface area (Å²) in [6, 6.07) is 3.47. The van der Waals surface area contributed by atoms with Gasteiger partial charge in [-0.05, 0) is 36.8 Å². The predicted octanol–water partition coefficient (Wildman–Crippen LogP) is 3.64. The highest BCUT2D eigenvalue weighted by Gasteiger charge is 2.55. The second kappa shape index (κ2) is 5.83. The van der Waals surface area contributed by atoms with E-state index in [1.165, 1.54) is 25.7 Å². The highest BCUT2D eigenvalue weighted by atomic mass is 127. The molecule has 1 atom stereocenters. The van der Waals surface area contributed by atoms with Gasteiger partial charge in [0.05, 0.1) is 11.7 Å². The molecule has 0 bridgehead atoms. The maximum absolute atomic E-state index is 13.4. The van der Waals surface area contributed by atoms with Crippen LogP contribution in [0.1, 0.15) is 32.1 Å². The number of hydrogen-bond acceptors (Lipinski definition) is 1. The van der Waals surface area contributed by atoms with Gasteiger partial charge in [-0.25, -0.2) is 13.8 Å². The Labute approximate surface area is 134 Å². The maximum atomic E-state index is 13.4. The summed E-state index contributed by atoms with van der Waals surface area (Å²) in [5.74, 6) is -0.875. The van der Waals surface area contributed by atoms with E-state index in [0.717, 1.165) is 24.6 Å². The molecule has 3 nitrogen and oxygen atoms in total. The van der Waals surface area contributed by atoms with Crippen molar-refractivity contribution in [3.63, 3.8) is 0 Å². The van der Waals surface area contributed by atoms with Crippen molar-refractivity contribution in [2.75, 3.05) is 5.32 Å². The summed E-state index contributed by atoms with van der Waals surface area (Å²) in [6.45, 7) is 0. The van der Waals surface area contributed by atoms with Crippen molar-refractivity contribution in [3.8, 4) is 0 Å². The van der Waals surface area contributed by atoms with Crippen LogP contribution in [-0.4, -0.2) is 12.0 Å². The van der Waals surface area contributed by atoms with E-state index >= 15 is 0 Å². The molecule has 3 rings (SSSR count). The summed E-state index contributed by atoms with van der Waals surface area (Å²) in [5.41, 5.74) is 6.15. The van der Waals surface area contributed by atoms with Crippen molar-refractivity contribution in [3.05, 3.63) is 29.8 Å². The monoisotopic (exact) mass is 393 g/mol. The number of halogens is 3. The molecule has 1 spiro atoms. The third kappa shape index (κ3) is 3.05. The summed E-state index contributed by atoms with van der Waals surface area (Å²) >= 11 is 0. The number of anilines is 1.